The topological polar surface area (TPSA) is 41.9 Å². The second-order valence-corrected chi connectivity index (χ2v) is 8.25. The Morgan fingerprint density at radius 1 is 1.18 bits per heavy atom. The summed E-state index contributed by atoms with van der Waals surface area (Å²) in [5.74, 6) is -0.364. The van der Waals surface area contributed by atoms with E-state index in [2.05, 4.69) is 31.7 Å². The van der Waals surface area contributed by atoms with Crippen molar-refractivity contribution in [1.82, 2.24) is 9.78 Å². The first-order valence-electron chi connectivity index (χ1n) is 8.26. The number of nitrogens with one attached hydrogen (secondary N) is 2. The molecule has 0 saturated heterocycles. The van der Waals surface area contributed by atoms with Gasteiger partial charge >= 0.3 is 0 Å². The predicted octanol–water partition coefficient (Wildman–Crippen LogP) is 6.57. The van der Waals surface area contributed by atoms with Crippen LogP contribution in [0.3, 0.4) is 0 Å². The van der Waals surface area contributed by atoms with Crippen LogP contribution in [0.1, 0.15) is 17.0 Å². The summed E-state index contributed by atoms with van der Waals surface area (Å²) in [5.41, 5.74) is 3.36. The number of aromatic nitrogens is 2. The molecular weight excluding hydrogens is 486 g/mol. The molecule has 9 heteroatoms. The Bertz CT molecular complexity index is 1030. The molecule has 0 unspecified atom stereocenters. The van der Waals surface area contributed by atoms with E-state index in [0.29, 0.717) is 26.4 Å². The molecule has 0 amide bonds. The summed E-state index contributed by atoms with van der Waals surface area (Å²) in [6, 6.07) is 10.1. The van der Waals surface area contributed by atoms with Crippen LogP contribution in [0.4, 0.5) is 15.8 Å². The zero-order valence-corrected chi connectivity index (χ0v) is 18.9. The lowest BCUT2D eigenvalue weighted by atomic mass is 10.2. The fourth-order valence-electron chi connectivity index (χ4n) is 2.72. The largest absolute Gasteiger partial charge is 0.331 e. The van der Waals surface area contributed by atoms with E-state index in [1.165, 1.54) is 6.07 Å². The third kappa shape index (κ3) is 4.66. The van der Waals surface area contributed by atoms with Crippen molar-refractivity contribution in [3.63, 3.8) is 0 Å². The first-order valence-corrected chi connectivity index (χ1v) is 10.2. The minimum atomic E-state index is -0.364. The predicted molar refractivity (Wildman–Crippen MR) is 121 cm³/mol. The summed E-state index contributed by atoms with van der Waals surface area (Å²) >= 11 is 21.1. The van der Waals surface area contributed by atoms with Gasteiger partial charge in [0, 0.05) is 15.1 Å². The van der Waals surface area contributed by atoms with Gasteiger partial charge in [0.05, 0.1) is 34.3 Å². The molecule has 2 N–H and O–H groups in total. The smallest absolute Gasteiger partial charge is 0.175 e. The van der Waals surface area contributed by atoms with Crippen LogP contribution in [0.15, 0.2) is 40.9 Å². The van der Waals surface area contributed by atoms with Gasteiger partial charge in [0.2, 0.25) is 0 Å². The van der Waals surface area contributed by atoms with Crippen molar-refractivity contribution < 1.29 is 4.39 Å². The van der Waals surface area contributed by atoms with Gasteiger partial charge in [-0.15, -0.1) is 0 Å². The van der Waals surface area contributed by atoms with Gasteiger partial charge in [-0.2, -0.15) is 5.10 Å². The second kappa shape index (κ2) is 8.78. The molecule has 4 nitrogen and oxygen atoms in total. The summed E-state index contributed by atoms with van der Waals surface area (Å²) in [4.78, 5) is 0. The van der Waals surface area contributed by atoms with Crippen LogP contribution in [0.5, 0.6) is 0 Å². The highest BCUT2D eigenvalue weighted by Gasteiger charge is 2.16. The molecule has 0 atom stereocenters. The van der Waals surface area contributed by atoms with Crippen LogP contribution in [-0.4, -0.2) is 14.9 Å². The maximum absolute atomic E-state index is 14.1. The van der Waals surface area contributed by atoms with Crippen molar-refractivity contribution in [1.29, 1.82) is 0 Å². The Morgan fingerprint density at radius 3 is 2.61 bits per heavy atom. The Hall–Kier alpha value is -1.67. The average molecular weight is 502 g/mol. The van der Waals surface area contributed by atoms with Crippen LogP contribution in [-0.2, 0) is 6.54 Å². The van der Waals surface area contributed by atoms with Crippen molar-refractivity contribution in [3.8, 4) is 0 Å². The number of nitrogens with zero attached hydrogens (tertiary/aromatic N) is 2. The Morgan fingerprint density at radius 2 is 1.93 bits per heavy atom. The quantitative estimate of drug-likeness (QED) is 0.397. The Kier molecular flexibility index (Phi) is 6.60. The highest BCUT2D eigenvalue weighted by molar-refractivity contribution is 9.10. The van der Waals surface area contributed by atoms with Gasteiger partial charge in [0.15, 0.2) is 5.11 Å². The van der Waals surface area contributed by atoms with E-state index >= 15 is 0 Å². The van der Waals surface area contributed by atoms with Gasteiger partial charge in [0.1, 0.15) is 5.82 Å². The van der Waals surface area contributed by atoms with Crippen molar-refractivity contribution in [3.05, 3.63) is 73.7 Å². The zero-order valence-electron chi connectivity index (χ0n) is 15.0. The molecule has 28 heavy (non-hydrogen) atoms. The first-order chi connectivity index (χ1) is 13.3. The van der Waals surface area contributed by atoms with Crippen LogP contribution < -0.4 is 10.6 Å². The molecule has 0 bridgehead atoms. The van der Waals surface area contributed by atoms with Crippen LogP contribution >= 0.6 is 51.3 Å². The third-order valence-electron chi connectivity index (χ3n) is 4.17. The van der Waals surface area contributed by atoms with E-state index < -0.39 is 0 Å². The molecule has 146 valence electrons. The molecule has 0 aliphatic carbocycles. The van der Waals surface area contributed by atoms with Crippen molar-refractivity contribution in [2.75, 3.05) is 10.6 Å². The number of rotatable bonds is 4. The van der Waals surface area contributed by atoms with Crippen molar-refractivity contribution in [2.24, 2.45) is 0 Å². The number of hydrogen-bond donors (Lipinski definition) is 2. The first kappa shape index (κ1) is 21.0. The molecule has 1 aromatic heterocycles. The van der Waals surface area contributed by atoms with E-state index in [-0.39, 0.29) is 12.4 Å². The van der Waals surface area contributed by atoms with Gasteiger partial charge in [-0.3, -0.25) is 4.68 Å². The van der Waals surface area contributed by atoms with E-state index in [1.807, 2.05) is 26.0 Å². The molecule has 3 aromatic rings. The van der Waals surface area contributed by atoms with Crippen LogP contribution in [0.2, 0.25) is 10.0 Å². The Balaban J connectivity index is 1.79. The number of anilines is 2. The summed E-state index contributed by atoms with van der Waals surface area (Å²) in [5, 5.41) is 12.0. The number of benzene rings is 2. The van der Waals surface area contributed by atoms with Crippen LogP contribution in [0.25, 0.3) is 0 Å². The van der Waals surface area contributed by atoms with Crippen molar-refractivity contribution >= 4 is 67.8 Å². The second-order valence-electron chi connectivity index (χ2n) is 6.11. The summed E-state index contributed by atoms with van der Waals surface area (Å²) in [6.45, 7) is 3.95. The molecule has 2 aromatic carbocycles. The van der Waals surface area contributed by atoms with E-state index in [0.717, 1.165) is 21.5 Å². The summed E-state index contributed by atoms with van der Waals surface area (Å²) < 4.78 is 16.7. The minimum absolute atomic E-state index is 0.221. The zero-order chi connectivity index (χ0) is 20.4. The lowest BCUT2D eigenvalue weighted by molar-refractivity contribution is 0.579. The number of halogens is 4. The van der Waals surface area contributed by atoms with Crippen LogP contribution in [0, 0.1) is 19.7 Å². The lowest BCUT2D eigenvalue weighted by Crippen LogP contribution is -2.20. The number of aryl methyl sites for hydroxylation is 1. The summed E-state index contributed by atoms with van der Waals surface area (Å²) in [7, 11) is 0. The monoisotopic (exact) mass is 500 g/mol. The molecule has 1 heterocycles. The highest BCUT2D eigenvalue weighted by atomic mass is 79.9. The van der Waals surface area contributed by atoms with Gasteiger partial charge in [0.25, 0.3) is 0 Å². The van der Waals surface area contributed by atoms with E-state index in [1.54, 1.807) is 22.9 Å². The minimum Gasteiger partial charge on any atom is -0.331 e. The van der Waals surface area contributed by atoms with E-state index in [9.17, 15) is 4.39 Å². The molecule has 0 radical (unpaired) electrons. The van der Waals surface area contributed by atoms with Gasteiger partial charge in [-0.1, -0.05) is 45.2 Å². The molecule has 0 spiro atoms. The lowest BCUT2D eigenvalue weighted by Gasteiger charge is -2.13. The SMILES string of the molecule is Cc1nn(Cc2c(F)cccc2Cl)c(C)c1NC(=S)Nc1ccc(Br)cc1Cl. The van der Waals surface area contributed by atoms with Gasteiger partial charge in [-0.05, 0) is 56.4 Å². The molecule has 0 fully saturated rings. The standard InChI is InChI=1S/C19H16BrCl2FN4S/c1-10-18(25-19(28)24-17-7-6-12(20)8-15(17)22)11(2)27(26-10)9-13-14(21)4-3-5-16(13)23/h3-8H,9H2,1-2H3,(H2,24,25,28). The fraction of sp³-hybridized carbons (Fsp3) is 0.158. The van der Waals surface area contributed by atoms with E-state index in [4.69, 9.17) is 35.4 Å². The van der Waals surface area contributed by atoms with Gasteiger partial charge < -0.3 is 10.6 Å². The van der Waals surface area contributed by atoms with Crippen molar-refractivity contribution in [2.45, 2.75) is 20.4 Å². The third-order valence-corrected chi connectivity index (χ3v) is 5.53. The molecule has 0 aliphatic rings. The number of hydrogen-bond acceptors (Lipinski definition) is 2. The maximum atomic E-state index is 14.1. The Labute approximate surface area is 186 Å². The maximum Gasteiger partial charge on any atom is 0.175 e. The summed E-state index contributed by atoms with van der Waals surface area (Å²) in [6.07, 6.45) is 0. The molecule has 3 rings (SSSR count). The fourth-order valence-corrected chi connectivity index (χ4v) is 3.88. The number of thiocarbonyl (C=S) groups is 1. The average Bonchev–Trinajstić information content (AvgIpc) is 2.88. The molecular formula is C19H16BrCl2FN4S. The molecule has 0 aliphatic heterocycles. The normalized spacial score (nSPS) is 10.8. The van der Waals surface area contributed by atoms with Gasteiger partial charge in [-0.25, -0.2) is 4.39 Å². The molecule has 0 saturated carbocycles. The highest BCUT2D eigenvalue weighted by Crippen LogP contribution is 2.27.